The minimum absolute atomic E-state index is 0.0973. The number of hydrogen-bond donors (Lipinski definition) is 1. The van der Waals surface area contributed by atoms with Crippen molar-refractivity contribution in [2.24, 2.45) is 11.3 Å². The van der Waals surface area contributed by atoms with Gasteiger partial charge in [0.05, 0.1) is 24.8 Å². The second kappa shape index (κ2) is 6.03. The Morgan fingerprint density at radius 2 is 2.08 bits per heavy atom. The molecule has 25 heavy (non-hydrogen) atoms. The Balaban J connectivity index is 2.01. The van der Waals surface area contributed by atoms with E-state index < -0.39 is 34.9 Å². The summed E-state index contributed by atoms with van der Waals surface area (Å²) in [6.07, 6.45) is -0.632. The predicted octanol–water partition coefficient (Wildman–Crippen LogP) is 3.28. The molecule has 9 heteroatoms. The van der Waals surface area contributed by atoms with Crippen LogP contribution >= 0.6 is 0 Å². The van der Waals surface area contributed by atoms with Crippen molar-refractivity contribution in [2.45, 2.75) is 50.7 Å². The van der Waals surface area contributed by atoms with E-state index in [9.17, 15) is 22.8 Å². The summed E-state index contributed by atoms with van der Waals surface area (Å²) in [5.74, 6) is -1.96. The molecule has 2 fully saturated rings. The van der Waals surface area contributed by atoms with E-state index in [0.29, 0.717) is 19.3 Å². The van der Waals surface area contributed by atoms with Gasteiger partial charge in [-0.15, -0.1) is 0 Å². The quantitative estimate of drug-likeness (QED) is 0.837. The van der Waals surface area contributed by atoms with Gasteiger partial charge >= 0.3 is 18.1 Å². The molecule has 2 aliphatic rings. The standard InChI is InChI=1S/C16H19F3N2O4/c1-25-14(24)15-6-2-3-9(15)4-5-10(7-15)21-12(16(17,18)19)11(8-20-21)13(22)23/h8-10H,2-7H2,1H3,(H,22,23)/t9-,10-,15-/m1/s1. The number of alkyl halides is 3. The van der Waals surface area contributed by atoms with Crippen LogP contribution in [0.4, 0.5) is 13.2 Å². The summed E-state index contributed by atoms with van der Waals surface area (Å²) in [6, 6.07) is -0.682. The lowest BCUT2D eigenvalue weighted by Gasteiger charge is -2.41. The molecule has 1 heterocycles. The van der Waals surface area contributed by atoms with Gasteiger partial charge in [0, 0.05) is 0 Å². The van der Waals surface area contributed by atoms with Gasteiger partial charge in [0.25, 0.3) is 0 Å². The van der Waals surface area contributed by atoms with Crippen LogP contribution in [-0.2, 0) is 15.7 Å². The normalized spacial score (nSPS) is 29.3. The Bertz CT molecular complexity index is 700. The summed E-state index contributed by atoms with van der Waals surface area (Å²) in [5, 5.41) is 12.8. The van der Waals surface area contributed by atoms with Crippen LogP contribution in [0.15, 0.2) is 6.20 Å². The number of nitrogens with zero attached hydrogens (tertiary/aromatic N) is 2. The molecular weight excluding hydrogens is 341 g/mol. The molecule has 0 radical (unpaired) electrons. The number of aromatic carboxylic acids is 1. The number of carboxylic acids is 1. The molecule has 0 aromatic carbocycles. The molecule has 138 valence electrons. The van der Waals surface area contributed by atoms with Gasteiger partial charge in [-0.25, -0.2) is 4.79 Å². The van der Waals surface area contributed by atoms with Crippen LogP contribution < -0.4 is 0 Å². The molecule has 3 rings (SSSR count). The number of fused-ring (bicyclic) bond motifs is 1. The monoisotopic (exact) mass is 360 g/mol. The first kappa shape index (κ1) is 17.8. The molecule has 0 unspecified atom stereocenters. The van der Waals surface area contributed by atoms with E-state index in [1.165, 1.54) is 7.11 Å². The van der Waals surface area contributed by atoms with Gasteiger partial charge in [0.2, 0.25) is 0 Å². The summed E-state index contributed by atoms with van der Waals surface area (Å²) in [6.45, 7) is 0. The number of carbonyl (C=O) groups excluding carboxylic acids is 1. The average molecular weight is 360 g/mol. The van der Waals surface area contributed by atoms with Crippen LogP contribution in [-0.4, -0.2) is 33.9 Å². The van der Waals surface area contributed by atoms with Crippen LogP contribution in [0, 0.1) is 11.3 Å². The summed E-state index contributed by atoms with van der Waals surface area (Å²) in [4.78, 5) is 23.5. The third kappa shape index (κ3) is 2.79. The maximum Gasteiger partial charge on any atom is 0.433 e. The Kier molecular flexibility index (Phi) is 4.28. The van der Waals surface area contributed by atoms with Crippen LogP contribution in [0.1, 0.15) is 60.6 Å². The molecule has 0 amide bonds. The van der Waals surface area contributed by atoms with Crippen LogP contribution in [0.3, 0.4) is 0 Å². The molecular formula is C16H19F3N2O4. The van der Waals surface area contributed by atoms with E-state index in [0.717, 1.165) is 23.7 Å². The molecule has 1 aromatic heterocycles. The number of carbonyl (C=O) groups is 2. The number of halogens is 3. The first-order valence-corrected chi connectivity index (χ1v) is 8.17. The number of esters is 1. The molecule has 0 spiro atoms. The van der Waals surface area contributed by atoms with Crippen molar-refractivity contribution >= 4 is 11.9 Å². The molecule has 2 saturated carbocycles. The first-order valence-electron chi connectivity index (χ1n) is 8.17. The third-order valence-electron chi connectivity index (χ3n) is 5.64. The number of ether oxygens (including phenoxy) is 1. The zero-order valence-corrected chi connectivity index (χ0v) is 13.7. The first-order chi connectivity index (χ1) is 11.7. The lowest BCUT2D eigenvalue weighted by Crippen LogP contribution is -2.42. The molecule has 0 saturated heterocycles. The van der Waals surface area contributed by atoms with Gasteiger partial charge in [-0.1, -0.05) is 6.42 Å². The Labute approximate surface area is 141 Å². The van der Waals surface area contributed by atoms with Crippen LogP contribution in [0.25, 0.3) is 0 Å². The summed E-state index contributed by atoms with van der Waals surface area (Å²) < 4.78 is 46.0. The van der Waals surface area contributed by atoms with E-state index >= 15 is 0 Å². The van der Waals surface area contributed by atoms with E-state index in [-0.39, 0.29) is 18.3 Å². The van der Waals surface area contributed by atoms with Crippen molar-refractivity contribution in [2.75, 3.05) is 7.11 Å². The highest BCUT2D eigenvalue weighted by molar-refractivity contribution is 5.88. The fourth-order valence-corrected chi connectivity index (χ4v) is 4.59. The van der Waals surface area contributed by atoms with Crippen molar-refractivity contribution in [1.29, 1.82) is 0 Å². The Hall–Kier alpha value is -2.06. The maximum atomic E-state index is 13.4. The number of rotatable bonds is 3. The minimum atomic E-state index is -4.84. The van der Waals surface area contributed by atoms with E-state index in [4.69, 9.17) is 9.84 Å². The highest BCUT2D eigenvalue weighted by Crippen LogP contribution is 2.56. The fraction of sp³-hybridized carbons (Fsp3) is 0.688. The molecule has 1 aromatic rings. The van der Waals surface area contributed by atoms with E-state index in [1.807, 2.05) is 0 Å². The molecule has 2 aliphatic carbocycles. The number of carboxylic acid groups (broad SMARTS) is 1. The summed E-state index contributed by atoms with van der Waals surface area (Å²) >= 11 is 0. The smallest absolute Gasteiger partial charge is 0.433 e. The molecule has 1 N–H and O–H groups in total. The van der Waals surface area contributed by atoms with Gasteiger partial charge in [-0.2, -0.15) is 18.3 Å². The summed E-state index contributed by atoms with van der Waals surface area (Å²) in [5.41, 5.74) is -2.93. The van der Waals surface area contributed by atoms with Crippen molar-refractivity contribution in [3.63, 3.8) is 0 Å². The van der Waals surface area contributed by atoms with Gasteiger partial charge in [0.1, 0.15) is 5.56 Å². The van der Waals surface area contributed by atoms with E-state index in [2.05, 4.69) is 5.10 Å². The zero-order chi connectivity index (χ0) is 18.4. The van der Waals surface area contributed by atoms with Crippen LogP contribution in [0.5, 0.6) is 0 Å². The summed E-state index contributed by atoms with van der Waals surface area (Å²) in [7, 11) is 1.29. The second-order valence-corrected chi connectivity index (χ2v) is 6.83. The molecule has 0 aliphatic heterocycles. The topological polar surface area (TPSA) is 81.4 Å². The molecule has 6 nitrogen and oxygen atoms in total. The highest BCUT2D eigenvalue weighted by Gasteiger charge is 2.54. The predicted molar refractivity (Wildman–Crippen MR) is 78.9 cm³/mol. The third-order valence-corrected chi connectivity index (χ3v) is 5.64. The molecule has 0 bridgehead atoms. The Morgan fingerprint density at radius 3 is 2.68 bits per heavy atom. The van der Waals surface area contributed by atoms with E-state index in [1.54, 1.807) is 0 Å². The lowest BCUT2D eigenvalue weighted by atomic mass is 9.66. The van der Waals surface area contributed by atoms with Gasteiger partial charge < -0.3 is 9.84 Å². The maximum absolute atomic E-state index is 13.4. The second-order valence-electron chi connectivity index (χ2n) is 6.83. The SMILES string of the molecule is COC(=O)[C@@]12CCC[C@@H]1CC[C@@H](n1ncc(C(=O)O)c1C(F)(F)F)C2. The van der Waals surface area contributed by atoms with Gasteiger partial charge in [-0.05, 0) is 38.0 Å². The number of methoxy groups -OCH3 is 1. The fourth-order valence-electron chi connectivity index (χ4n) is 4.59. The highest BCUT2D eigenvalue weighted by atomic mass is 19.4. The van der Waals surface area contributed by atoms with Gasteiger partial charge in [0.15, 0.2) is 5.69 Å². The minimum Gasteiger partial charge on any atom is -0.478 e. The van der Waals surface area contributed by atoms with Gasteiger partial charge in [-0.3, -0.25) is 9.48 Å². The van der Waals surface area contributed by atoms with Crippen molar-refractivity contribution in [3.05, 3.63) is 17.5 Å². The van der Waals surface area contributed by atoms with Crippen LogP contribution in [0.2, 0.25) is 0 Å². The van der Waals surface area contributed by atoms with Crippen molar-refractivity contribution in [3.8, 4) is 0 Å². The molecule has 3 atom stereocenters. The zero-order valence-electron chi connectivity index (χ0n) is 13.7. The number of hydrogen-bond acceptors (Lipinski definition) is 4. The Morgan fingerprint density at radius 1 is 1.36 bits per heavy atom. The largest absolute Gasteiger partial charge is 0.478 e. The average Bonchev–Trinajstić information content (AvgIpc) is 3.17. The number of aromatic nitrogens is 2. The lowest BCUT2D eigenvalue weighted by molar-refractivity contribution is -0.159. The van der Waals surface area contributed by atoms with Crippen molar-refractivity contribution in [1.82, 2.24) is 9.78 Å². The van der Waals surface area contributed by atoms with Crippen molar-refractivity contribution < 1.29 is 32.6 Å².